The van der Waals surface area contributed by atoms with Gasteiger partial charge in [-0.2, -0.15) is 13.2 Å². The number of carbonyl (C=O) groups excluding carboxylic acids is 1. The van der Waals surface area contributed by atoms with Crippen molar-refractivity contribution in [3.05, 3.63) is 77.4 Å². The summed E-state index contributed by atoms with van der Waals surface area (Å²) in [5, 5.41) is 2.73. The van der Waals surface area contributed by atoms with Crippen molar-refractivity contribution in [2.75, 3.05) is 6.54 Å². The van der Waals surface area contributed by atoms with E-state index in [-0.39, 0.29) is 5.91 Å². The number of hydrogen-bond acceptors (Lipinski definition) is 1. The lowest BCUT2D eigenvalue weighted by Crippen LogP contribution is -2.23. The lowest BCUT2D eigenvalue weighted by molar-refractivity contribution is -0.137. The van der Waals surface area contributed by atoms with Gasteiger partial charge in [0.1, 0.15) is 0 Å². The van der Waals surface area contributed by atoms with E-state index in [2.05, 4.69) is 5.32 Å². The minimum atomic E-state index is -4.35. The zero-order valence-corrected chi connectivity index (χ0v) is 12.3. The summed E-state index contributed by atoms with van der Waals surface area (Å²) < 4.78 is 37.3. The van der Waals surface area contributed by atoms with Crippen molar-refractivity contribution >= 4 is 12.0 Å². The van der Waals surface area contributed by atoms with Crippen LogP contribution in [0.2, 0.25) is 0 Å². The molecule has 1 amide bonds. The number of nitrogens with one attached hydrogen (secondary N) is 1. The quantitative estimate of drug-likeness (QED) is 0.827. The maximum Gasteiger partial charge on any atom is 0.416 e. The summed E-state index contributed by atoms with van der Waals surface area (Å²) in [6.07, 6.45) is -0.830. The molecule has 0 spiro atoms. The van der Waals surface area contributed by atoms with E-state index in [1.807, 2.05) is 30.3 Å². The Morgan fingerprint density at radius 3 is 2.26 bits per heavy atom. The maximum absolute atomic E-state index is 12.4. The molecule has 0 unspecified atom stereocenters. The average Bonchev–Trinajstić information content (AvgIpc) is 2.53. The lowest BCUT2D eigenvalue weighted by atomic mass is 10.1. The predicted octanol–water partition coefficient (Wildman–Crippen LogP) is 4.08. The molecule has 2 aromatic rings. The second kappa shape index (κ2) is 7.63. The van der Waals surface area contributed by atoms with Crippen LogP contribution < -0.4 is 5.32 Å². The normalized spacial score (nSPS) is 11.6. The molecule has 0 aliphatic heterocycles. The summed E-state index contributed by atoms with van der Waals surface area (Å²) >= 11 is 0. The molecule has 2 rings (SSSR count). The zero-order valence-electron chi connectivity index (χ0n) is 12.3. The van der Waals surface area contributed by atoms with E-state index in [4.69, 9.17) is 0 Å². The number of halogens is 3. The molecule has 0 bridgehead atoms. The second-order valence-electron chi connectivity index (χ2n) is 4.98. The van der Waals surface area contributed by atoms with Crippen LogP contribution in [-0.4, -0.2) is 12.5 Å². The minimum Gasteiger partial charge on any atom is -0.352 e. The van der Waals surface area contributed by atoms with Crippen LogP contribution in [0.1, 0.15) is 16.7 Å². The van der Waals surface area contributed by atoms with Crippen molar-refractivity contribution in [2.24, 2.45) is 0 Å². The van der Waals surface area contributed by atoms with E-state index in [0.717, 1.165) is 24.1 Å². The molecular formula is C18H16F3NO. The van der Waals surface area contributed by atoms with Gasteiger partial charge >= 0.3 is 6.18 Å². The molecule has 0 fully saturated rings. The van der Waals surface area contributed by atoms with E-state index < -0.39 is 11.7 Å². The Bertz CT molecular complexity index is 661. The van der Waals surface area contributed by atoms with Gasteiger partial charge in [0.15, 0.2) is 0 Å². The van der Waals surface area contributed by atoms with Gasteiger partial charge in [-0.15, -0.1) is 0 Å². The van der Waals surface area contributed by atoms with Gasteiger partial charge in [0.25, 0.3) is 0 Å². The first-order chi connectivity index (χ1) is 10.9. The fourth-order valence-electron chi connectivity index (χ4n) is 1.99. The van der Waals surface area contributed by atoms with Crippen molar-refractivity contribution in [2.45, 2.75) is 12.6 Å². The summed E-state index contributed by atoms with van der Waals surface area (Å²) in [5.74, 6) is -0.277. The highest BCUT2D eigenvalue weighted by Gasteiger charge is 2.29. The fraction of sp³-hybridized carbons (Fsp3) is 0.167. The monoisotopic (exact) mass is 319 g/mol. The second-order valence-corrected chi connectivity index (χ2v) is 4.98. The molecule has 0 atom stereocenters. The van der Waals surface area contributed by atoms with Crippen LogP contribution in [0.3, 0.4) is 0 Å². The average molecular weight is 319 g/mol. The molecule has 2 nitrogen and oxygen atoms in total. The molecule has 23 heavy (non-hydrogen) atoms. The van der Waals surface area contributed by atoms with Crippen molar-refractivity contribution < 1.29 is 18.0 Å². The van der Waals surface area contributed by atoms with E-state index in [1.165, 1.54) is 24.3 Å². The first kappa shape index (κ1) is 16.8. The van der Waals surface area contributed by atoms with Gasteiger partial charge < -0.3 is 5.32 Å². The molecule has 0 saturated carbocycles. The summed E-state index contributed by atoms with van der Waals surface area (Å²) in [7, 11) is 0. The molecular weight excluding hydrogens is 303 g/mol. The third-order valence-corrected chi connectivity index (χ3v) is 3.22. The van der Waals surface area contributed by atoms with E-state index in [9.17, 15) is 18.0 Å². The first-order valence-corrected chi connectivity index (χ1v) is 7.12. The van der Waals surface area contributed by atoms with Gasteiger partial charge in [-0.1, -0.05) is 42.5 Å². The van der Waals surface area contributed by atoms with Crippen LogP contribution in [0.15, 0.2) is 60.7 Å². The van der Waals surface area contributed by atoms with Crippen LogP contribution in [0.4, 0.5) is 13.2 Å². The highest BCUT2D eigenvalue weighted by atomic mass is 19.4. The van der Waals surface area contributed by atoms with Crippen molar-refractivity contribution in [3.8, 4) is 0 Å². The fourth-order valence-corrected chi connectivity index (χ4v) is 1.99. The van der Waals surface area contributed by atoms with Gasteiger partial charge in [0, 0.05) is 12.6 Å². The molecule has 5 heteroatoms. The third-order valence-electron chi connectivity index (χ3n) is 3.22. The highest BCUT2D eigenvalue weighted by molar-refractivity contribution is 5.91. The van der Waals surface area contributed by atoms with E-state index in [0.29, 0.717) is 12.1 Å². The number of hydrogen-bond donors (Lipinski definition) is 1. The number of amides is 1. The van der Waals surface area contributed by atoms with Crippen LogP contribution >= 0.6 is 0 Å². The Morgan fingerprint density at radius 1 is 1.00 bits per heavy atom. The maximum atomic E-state index is 12.4. The molecule has 0 saturated heterocycles. The summed E-state index contributed by atoms with van der Waals surface area (Å²) in [5.41, 5.74) is 0.956. The van der Waals surface area contributed by atoms with Gasteiger partial charge in [-0.05, 0) is 35.8 Å². The third kappa shape index (κ3) is 5.62. The van der Waals surface area contributed by atoms with E-state index >= 15 is 0 Å². The smallest absolute Gasteiger partial charge is 0.352 e. The standard InChI is InChI=1S/C18H16F3NO/c19-18(20,21)16-9-6-15(7-10-16)8-11-17(23)22-13-12-14-4-2-1-3-5-14/h1-11H,12-13H2,(H,22,23)/b11-8+. The Hall–Kier alpha value is -2.56. The molecule has 0 aliphatic rings. The first-order valence-electron chi connectivity index (χ1n) is 7.12. The van der Waals surface area contributed by atoms with Crippen LogP contribution in [-0.2, 0) is 17.4 Å². The number of rotatable bonds is 5. The van der Waals surface area contributed by atoms with Gasteiger partial charge in [0.05, 0.1) is 5.56 Å². The van der Waals surface area contributed by atoms with E-state index in [1.54, 1.807) is 0 Å². The van der Waals surface area contributed by atoms with Crippen molar-refractivity contribution in [3.63, 3.8) is 0 Å². The Kier molecular flexibility index (Phi) is 5.57. The molecule has 0 aliphatic carbocycles. The Morgan fingerprint density at radius 2 is 1.65 bits per heavy atom. The summed E-state index contributed by atoms with van der Waals surface area (Å²) in [6, 6.07) is 14.4. The largest absolute Gasteiger partial charge is 0.416 e. The zero-order chi connectivity index (χ0) is 16.7. The van der Waals surface area contributed by atoms with Crippen molar-refractivity contribution in [1.29, 1.82) is 0 Å². The summed E-state index contributed by atoms with van der Waals surface area (Å²) in [6.45, 7) is 0.500. The van der Waals surface area contributed by atoms with Gasteiger partial charge in [-0.25, -0.2) is 0 Å². The Balaban J connectivity index is 1.81. The topological polar surface area (TPSA) is 29.1 Å². The number of benzene rings is 2. The highest BCUT2D eigenvalue weighted by Crippen LogP contribution is 2.29. The van der Waals surface area contributed by atoms with Crippen LogP contribution in [0.25, 0.3) is 6.08 Å². The molecule has 2 aromatic carbocycles. The molecule has 0 aromatic heterocycles. The predicted molar refractivity (Wildman–Crippen MR) is 83.6 cm³/mol. The van der Waals surface area contributed by atoms with Crippen LogP contribution in [0, 0.1) is 0 Å². The number of alkyl halides is 3. The molecule has 1 N–H and O–H groups in total. The van der Waals surface area contributed by atoms with Gasteiger partial charge in [0.2, 0.25) is 5.91 Å². The minimum absolute atomic E-state index is 0.277. The lowest BCUT2D eigenvalue weighted by Gasteiger charge is -2.06. The SMILES string of the molecule is O=C(/C=C/c1ccc(C(F)(F)F)cc1)NCCc1ccccc1. The van der Waals surface area contributed by atoms with Crippen LogP contribution in [0.5, 0.6) is 0 Å². The molecule has 0 heterocycles. The van der Waals surface area contributed by atoms with Crippen molar-refractivity contribution in [1.82, 2.24) is 5.32 Å². The molecule has 0 radical (unpaired) electrons. The Labute approximate surface area is 132 Å². The van der Waals surface area contributed by atoms with Gasteiger partial charge in [-0.3, -0.25) is 4.79 Å². The summed E-state index contributed by atoms with van der Waals surface area (Å²) in [4.78, 5) is 11.7. The number of carbonyl (C=O) groups is 1. The molecule has 120 valence electrons.